The number of benzene rings is 2. The van der Waals surface area contributed by atoms with Crippen molar-refractivity contribution in [1.82, 2.24) is 9.97 Å². The van der Waals surface area contributed by atoms with E-state index in [2.05, 4.69) is 25.9 Å². The number of para-hydroxylation sites is 2. The van der Waals surface area contributed by atoms with Gasteiger partial charge >= 0.3 is 0 Å². The van der Waals surface area contributed by atoms with Crippen molar-refractivity contribution in [3.8, 4) is 0 Å². The molecule has 0 aliphatic carbocycles. The number of carbonyl (C=O) groups excluding carboxylic acids is 1. The van der Waals surface area contributed by atoms with Crippen LogP contribution in [0.15, 0.2) is 65.3 Å². The zero-order valence-corrected chi connectivity index (χ0v) is 12.6. The van der Waals surface area contributed by atoms with Crippen molar-refractivity contribution >= 4 is 38.8 Å². The van der Waals surface area contributed by atoms with Gasteiger partial charge in [-0.15, -0.1) is 0 Å². The lowest BCUT2D eigenvalue weighted by atomic mass is 10.1. The number of rotatable bonds is 3. The number of aromatic nitrogens is 2. The van der Waals surface area contributed by atoms with E-state index in [1.54, 1.807) is 24.4 Å². The molecule has 0 aliphatic rings. The van der Waals surface area contributed by atoms with E-state index in [0.29, 0.717) is 11.3 Å². The molecule has 0 saturated heterocycles. The number of carbonyl (C=O) groups is 1. The van der Waals surface area contributed by atoms with E-state index in [0.717, 1.165) is 15.5 Å². The Morgan fingerprint density at radius 3 is 2.48 bits per heavy atom. The summed E-state index contributed by atoms with van der Waals surface area (Å²) in [7, 11) is 0. The van der Waals surface area contributed by atoms with Crippen LogP contribution in [0, 0.1) is 0 Å². The molecule has 0 saturated carbocycles. The van der Waals surface area contributed by atoms with Gasteiger partial charge in [-0.3, -0.25) is 9.78 Å². The second kappa shape index (κ2) is 5.97. The first-order valence-corrected chi connectivity index (χ1v) is 7.21. The van der Waals surface area contributed by atoms with Gasteiger partial charge in [0.2, 0.25) is 0 Å². The maximum atomic E-state index is 12.0. The topological polar surface area (TPSA) is 42.9 Å². The van der Waals surface area contributed by atoms with Crippen molar-refractivity contribution in [2.45, 2.75) is 0 Å². The number of halogens is 1. The first-order valence-electron chi connectivity index (χ1n) is 6.42. The van der Waals surface area contributed by atoms with Gasteiger partial charge in [0.25, 0.3) is 0 Å². The van der Waals surface area contributed by atoms with Gasteiger partial charge in [-0.25, -0.2) is 4.98 Å². The van der Waals surface area contributed by atoms with Crippen LogP contribution in [0.3, 0.4) is 0 Å². The molecule has 0 N–H and O–H groups in total. The summed E-state index contributed by atoms with van der Waals surface area (Å²) in [5.41, 5.74) is 2.96. The molecule has 1 heterocycles. The number of allylic oxidation sites excluding steroid dienone is 1. The molecule has 0 atom stereocenters. The van der Waals surface area contributed by atoms with Gasteiger partial charge in [0, 0.05) is 10.0 Å². The maximum absolute atomic E-state index is 12.0. The minimum Gasteiger partial charge on any atom is -0.289 e. The predicted molar refractivity (Wildman–Crippen MR) is 87.0 cm³/mol. The van der Waals surface area contributed by atoms with Crippen molar-refractivity contribution in [2.75, 3.05) is 0 Å². The van der Waals surface area contributed by atoms with Gasteiger partial charge in [0.1, 0.15) is 0 Å². The first-order chi connectivity index (χ1) is 10.2. The number of fused-ring (bicyclic) bond motifs is 1. The molecule has 3 nitrogen and oxygen atoms in total. The van der Waals surface area contributed by atoms with Crippen molar-refractivity contribution < 1.29 is 4.79 Å². The van der Waals surface area contributed by atoms with Crippen molar-refractivity contribution in [2.24, 2.45) is 0 Å². The minimum atomic E-state index is -0.0579. The average molecular weight is 339 g/mol. The molecule has 2 aromatic carbocycles. The smallest absolute Gasteiger partial charge is 0.185 e. The number of ketones is 1. The van der Waals surface area contributed by atoms with Gasteiger partial charge in [-0.2, -0.15) is 0 Å². The summed E-state index contributed by atoms with van der Waals surface area (Å²) in [5.74, 6) is -0.0579. The first kappa shape index (κ1) is 13.6. The number of nitrogens with zero attached hydrogens (tertiary/aromatic N) is 2. The van der Waals surface area contributed by atoms with E-state index in [9.17, 15) is 4.79 Å². The van der Waals surface area contributed by atoms with Crippen LogP contribution in [0.25, 0.3) is 17.1 Å². The van der Waals surface area contributed by atoms with Gasteiger partial charge in [-0.1, -0.05) is 28.1 Å². The van der Waals surface area contributed by atoms with Gasteiger partial charge in [0.15, 0.2) is 5.78 Å². The van der Waals surface area contributed by atoms with Crippen LogP contribution >= 0.6 is 15.9 Å². The van der Waals surface area contributed by atoms with Crippen molar-refractivity contribution in [3.05, 3.63) is 76.5 Å². The highest BCUT2D eigenvalue weighted by Crippen LogP contribution is 2.12. The summed E-state index contributed by atoms with van der Waals surface area (Å²) < 4.78 is 0.948. The monoisotopic (exact) mass is 338 g/mol. The second-order valence-corrected chi connectivity index (χ2v) is 5.40. The van der Waals surface area contributed by atoms with Gasteiger partial charge in [0.05, 0.1) is 22.9 Å². The number of hydrogen-bond acceptors (Lipinski definition) is 3. The summed E-state index contributed by atoms with van der Waals surface area (Å²) in [6.07, 6.45) is 4.86. The van der Waals surface area contributed by atoms with E-state index in [4.69, 9.17) is 0 Å². The Balaban J connectivity index is 1.83. The molecule has 21 heavy (non-hydrogen) atoms. The van der Waals surface area contributed by atoms with E-state index in [1.165, 1.54) is 6.08 Å². The molecule has 0 amide bonds. The van der Waals surface area contributed by atoms with E-state index < -0.39 is 0 Å². The maximum Gasteiger partial charge on any atom is 0.185 e. The Kier molecular flexibility index (Phi) is 3.88. The lowest BCUT2D eigenvalue weighted by Gasteiger charge is -1.98. The molecular formula is C17H11BrN2O. The third-order valence-electron chi connectivity index (χ3n) is 3.00. The molecule has 102 valence electrons. The van der Waals surface area contributed by atoms with Crippen LogP contribution in [0.2, 0.25) is 0 Å². The van der Waals surface area contributed by atoms with Crippen molar-refractivity contribution in [3.63, 3.8) is 0 Å². The molecular weight excluding hydrogens is 328 g/mol. The summed E-state index contributed by atoms with van der Waals surface area (Å²) in [6.45, 7) is 0. The van der Waals surface area contributed by atoms with Crippen LogP contribution in [0.5, 0.6) is 0 Å². The third-order valence-corrected chi connectivity index (χ3v) is 3.53. The highest BCUT2D eigenvalue weighted by Gasteiger charge is 2.02. The summed E-state index contributed by atoms with van der Waals surface area (Å²) in [4.78, 5) is 20.8. The molecule has 3 aromatic rings. The highest BCUT2D eigenvalue weighted by atomic mass is 79.9. The second-order valence-electron chi connectivity index (χ2n) is 4.49. The Labute approximate surface area is 130 Å². The summed E-state index contributed by atoms with van der Waals surface area (Å²) in [5, 5.41) is 0. The molecule has 0 fully saturated rings. The van der Waals surface area contributed by atoms with Crippen LogP contribution in [-0.2, 0) is 0 Å². The number of hydrogen-bond donors (Lipinski definition) is 0. The quantitative estimate of drug-likeness (QED) is 0.528. The fraction of sp³-hybridized carbons (Fsp3) is 0. The average Bonchev–Trinajstić information content (AvgIpc) is 2.53. The molecule has 0 unspecified atom stereocenters. The summed E-state index contributed by atoms with van der Waals surface area (Å²) >= 11 is 3.35. The van der Waals surface area contributed by atoms with E-state index >= 15 is 0 Å². The Morgan fingerprint density at radius 2 is 1.71 bits per heavy atom. The van der Waals surface area contributed by atoms with Gasteiger partial charge in [-0.05, 0) is 48.6 Å². The molecule has 0 bridgehead atoms. The lowest BCUT2D eigenvalue weighted by Crippen LogP contribution is -1.94. The zero-order valence-electron chi connectivity index (χ0n) is 11.0. The largest absolute Gasteiger partial charge is 0.289 e. The van der Waals surface area contributed by atoms with Crippen LogP contribution in [-0.4, -0.2) is 15.8 Å². The summed E-state index contributed by atoms with van der Waals surface area (Å²) in [6, 6.07) is 14.9. The van der Waals surface area contributed by atoms with Crippen LogP contribution in [0.1, 0.15) is 16.1 Å². The fourth-order valence-electron chi connectivity index (χ4n) is 1.92. The molecule has 1 aromatic heterocycles. The predicted octanol–water partition coefficient (Wildman–Crippen LogP) is 4.29. The van der Waals surface area contributed by atoms with Crippen LogP contribution in [0.4, 0.5) is 0 Å². The Bertz CT molecular complexity index is 826. The molecule has 4 heteroatoms. The van der Waals surface area contributed by atoms with Crippen molar-refractivity contribution in [1.29, 1.82) is 0 Å². The molecule has 0 radical (unpaired) electrons. The molecule has 0 aliphatic heterocycles. The SMILES string of the molecule is O=C(/C=C/c1cnc2ccccc2n1)c1ccc(Br)cc1. The van der Waals surface area contributed by atoms with Gasteiger partial charge < -0.3 is 0 Å². The minimum absolute atomic E-state index is 0.0579. The molecule has 3 rings (SSSR count). The lowest BCUT2D eigenvalue weighted by molar-refractivity contribution is 0.104. The molecule has 0 spiro atoms. The Hall–Kier alpha value is -2.33. The van der Waals surface area contributed by atoms with E-state index in [-0.39, 0.29) is 5.78 Å². The zero-order chi connectivity index (χ0) is 14.7. The highest BCUT2D eigenvalue weighted by molar-refractivity contribution is 9.10. The normalized spacial score (nSPS) is 11.1. The standard InChI is InChI=1S/C17H11BrN2O/c18-13-7-5-12(6-8-13)17(21)10-9-14-11-19-15-3-1-2-4-16(15)20-14/h1-11H/b10-9+. The third kappa shape index (κ3) is 3.23. The fourth-order valence-corrected chi connectivity index (χ4v) is 2.19. The van der Waals surface area contributed by atoms with E-state index in [1.807, 2.05) is 36.4 Å². The van der Waals surface area contributed by atoms with Crippen LogP contribution < -0.4 is 0 Å². The Morgan fingerprint density at radius 1 is 1.00 bits per heavy atom.